The molecule has 0 heterocycles. The standard InChI is InChI=1S/C12H13BrFNO3/c1-2-8(6-11(16)17)15-12(18)7-3-4-9(13)10(14)5-7/h3-5,8H,2,6H2,1H3,(H,15,18)(H,16,17). The zero-order chi connectivity index (χ0) is 13.7. The molecular formula is C12H13BrFNO3. The van der Waals surface area contributed by atoms with Crippen molar-refractivity contribution in [1.82, 2.24) is 5.32 Å². The summed E-state index contributed by atoms with van der Waals surface area (Å²) in [5.74, 6) is -1.99. The van der Waals surface area contributed by atoms with E-state index in [4.69, 9.17) is 5.11 Å². The Morgan fingerprint density at radius 3 is 2.67 bits per heavy atom. The van der Waals surface area contributed by atoms with E-state index in [1.807, 2.05) is 0 Å². The highest BCUT2D eigenvalue weighted by Crippen LogP contribution is 2.16. The average molecular weight is 318 g/mol. The number of halogens is 2. The van der Waals surface area contributed by atoms with Gasteiger partial charge in [0.15, 0.2) is 0 Å². The van der Waals surface area contributed by atoms with Gasteiger partial charge in [0.05, 0.1) is 10.9 Å². The molecule has 1 rings (SSSR count). The van der Waals surface area contributed by atoms with E-state index in [0.29, 0.717) is 6.42 Å². The van der Waals surface area contributed by atoms with Crippen LogP contribution in [0.3, 0.4) is 0 Å². The van der Waals surface area contributed by atoms with E-state index in [9.17, 15) is 14.0 Å². The summed E-state index contributed by atoms with van der Waals surface area (Å²) in [5.41, 5.74) is 0.166. The van der Waals surface area contributed by atoms with Gasteiger partial charge >= 0.3 is 5.97 Å². The SMILES string of the molecule is CCC(CC(=O)O)NC(=O)c1ccc(Br)c(F)c1. The fourth-order valence-corrected chi connectivity index (χ4v) is 1.66. The predicted molar refractivity (Wildman–Crippen MR) is 67.9 cm³/mol. The third-order valence-electron chi connectivity index (χ3n) is 2.43. The second-order valence-corrected chi connectivity index (χ2v) is 4.66. The number of carbonyl (C=O) groups is 2. The minimum absolute atomic E-state index is 0.152. The Labute approximate surface area is 112 Å². The van der Waals surface area contributed by atoms with E-state index in [1.54, 1.807) is 6.92 Å². The van der Waals surface area contributed by atoms with E-state index >= 15 is 0 Å². The molecule has 0 aromatic heterocycles. The van der Waals surface area contributed by atoms with Crippen LogP contribution in [-0.4, -0.2) is 23.0 Å². The molecule has 0 saturated carbocycles. The van der Waals surface area contributed by atoms with E-state index < -0.39 is 23.7 Å². The average Bonchev–Trinajstić information content (AvgIpc) is 2.31. The highest BCUT2D eigenvalue weighted by Gasteiger charge is 2.16. The van der Waals surface area contributed by atoms with Crippen molar-refractivity contribution in [2.24, 2.45) is 0 Å². The van der Waals surface area contributed by atoms with Crippen LogP contribution >= 0.6 is 15.9 Å². The maximum Gasteiger partial charge on any atom is 0.305 e. The van der Waals surface area contributed by atoms with Gasteiger partial charge in [0.2, 0.25) is 0 Å². The van der Waals surface area contributed by atoms with Crippen LogP contribution in [0.5, 0.6) is 0 Å². The number of carbonyl (C=O) groups excluding carboxylic acids is 1. The zero-order valence-electron chi connectivity index (χ0n) is 9.74. The summed E-state index contributed by atoms with van der Waals surface area (Å²) in [4.78, 5) is 22.3. The van der Waals surface area contributed by atoms with Gasteiger partial charge in [-0.3, -0.25) is 9.59 Å². The molecule has 1 aromatic rings. The molecular weight excluding hydrogens is 305 g/mol. The normalized spacial score (nSPS) is 11.9. The molecule has 1 unspecified atom stereocenters. The first kappa shape index (κ1) is 14.6. The largest absolute Gasteiger partial charge is 0.481 e. The van der Waals surface area contributed by atoms with E-state index in [2.05, 4.69) is 21.2 Å². The lowest BCUT2D eigenvalue weighted by Gasteiger charge is -2.14. The zero-order valence-corrected chi connectivity index (χ0v) is 11.3. The molecule has 6 heteroatoms. The first-order chi connectivity index (χ1) is 8.43. The van der Waals surface area contributed by atoms with Crippen molar-refractivity contribution in [3.63, 3.8) is 0 Å². The van der Waals surface area contributed by atoms with Crippen LogP contribution in [0.15, 0.2) is 22.7 Å². The number of hydrogen-bond acceptors (Lipinski definition) is 2. The summed E-state index contributed by atoms with van der Waals surface area (Å²) in [6.07, 6.45) is 0.346. The molecule has 0 aliphatic heterocycles. The van der Waals surface area contributed by atoms with Gasteiger partial charge in [-0.25, -0.2) is 4.39 Å². The molecule has 1 aromatic carbocycles. The third kappa shape index (κ3) is 4.10. The summed E-state index contributed by atoms with van der Waals surface area (Å²) in [7, 11) is 0. The van der Waals surface area contributed by atoms with Crippen LogP contribution in [0, 0.1) is 5.82 Å². The molecule has 0 radical (unpaired) electrons. The van der Waals surface area contributed by atoms with E-state index in [-0.39, 0.29) is 16.5 Å². The van der Waals surface area contributed by atoms with Crippen molar-refractivity contribution >= 4 is 27.8 Å². The van der Waals surface area contributed by atoms with Gasteiger partial charge in [-0.05, 0) is 40.5 Å². The molecule has 1 atom stereocenters. The summed E-state index contributed by atoms with van der Waals surface area (Å²) in [6.45, 7) is 1.77. The van der Waals surface area contributed by atoms with E-state index in [0.717, 1.165) is 6.07 Å². The summed E-state index contributed by atoms with van der Waals surface area (Å²) >= 11 is 2.99. The Kier molecular flexibility index (Phi) is 5.27. The van der Waals surface area contributed by atoms with Crippen molar-refractivity contribution in [3.8, 4) is 0 Å². The number of nitrogens with one attached hydrogen (secondary N) is 1. The summed E-state index contributed by atoms with van der Waals surface area (Å²) < 4.78 is 13.5. The highest BCUT2D eigenvalue weighted by molar-refractivity contribution is 9.10. The van der Waals surface area contributed by atoms with Crippen molar-refractivity contribution in [2.75, 3.05) is 0 Å². The van der Waals surface area contributed by atoms with Crippen LogP contribution in [0.25, 0.3) is 0 Å². The van der Waals surface area contributed by atoms with Crippen molar-refractivity contribution in [2.45, 2.75) is 25.8 Å². The van der Waals surface area contributed by atoms with Gasteiger partial charge in [-0.1, -0.05) is 6.92 Å². The van der Waals surface area contributed by atoms with Crippen molar-refractivity contribution < 1.29 is 19.1 Å². The number of rotatable bonds is 5. The van der Waals surface area contributed by atoms with Gasteiger partial charge in [0, 0.05) is 11.6 Å². The molecule has 2 N–H and O–H groups in total. The van der Waals surface area contributed by atoms with Gasteiger partial charge in [0.25, 0.3) is 5.91 Å². The number of amides is 1. The first-order valence-corrected chi connectivity index (χ1v) is 6.21. The van der Waals surface area contributed by atoms with Crippen LogP contribution in [-0.2, 0) is 4.79 Å². The maximum absolute atomic E-state index is 13.2. The fraction of sp³-hybridized carbons (Fsp3) is 0.333. The minimum atomic E-state index is -0.982. The molecule has 0 bridgehead atoms. The Bertz CT molecular complexity index is 465. The minimum Gasteiger partial charge on any atom is -0.481 e. The van der Waals surface area contributed by atoms with E-state index in [1.165, 1.54) is 12.1 Å². The molecule has 0 aliphatic rings. The lowest BCUT2D eigenvalue weighted by Crippen LogP contribution is -2.36. The van der Waals surface area contributed by atoms with Gasteiger partial charge in [0.1, 0.15) is 5.82 Å². The number of aliphatic carboxylic acids is 1. The Balaban J connectivity index is 2.74. The molecule has 0 fully saturated rings. The molecule has 18 heavy (non-hydrogen) atoms. The number of hydrogen-bond donors (Lipinski definition) is 2. The van der Waals surface area contributed by atoms with Gasteiger partial charge in [-0.15, -0.1) is 0 Å². The van der Waals surface area contributed by atoms with Crippen LogP contribution in [0.1, 0.15) is 30.1 Å². The number of carboxylic acid groups (broad SMARTS) is 1. The van der Waals surface area contributed by atoms with Crippen LogP contribution in [0.2, 0.25) is 0 Å². The molecule has 0 aliphatic carbocycles. The first-order valence-electron chi connectivity index (χ1n) is 5.41. The molecule has 1 amide bonds. The Morgan fingerprint density at radius 2 is 2.17 bits per heavy atom. The maximum atomic E-state index is 13.2. The Hall–Kier alpha value is -1.43. The fourth-order valence-electron chi connectivity index (χ4n) is 1.41. The monoisotopic (exact) mass is 317 g/mol. The quantitative estimate of drug-likeness (QED) is 0.877. The lowest BCUT2D eigenvalue weighted by molar-refractivity contribution is -0.137. The van der Waals surface area contributed by atoms with Gasteiger partial charge < -0.3 is 10.4 Å². The smallest absolute Gasteiger partial charge is 0.305 e. The predicted octanol–water partition coefficient (Wildman–Crippen LogP) is 2.57. The molecule has 4 nitrogen and oxygen atoms in total. The molecule has 98 valence electrons. The summed E-state index contributed by atoms with van der Waals surface area (Å²) in [5, 5.41) is 11.2. The molecule has 0 spiro atoms. The second kappa shape index (κ2) is 6.49. The Morgan fingerprint density at radius 1 is 1.50 bits per heavy atom. The lowest BCUT2D eigenvalue weighted by atomic mass is 10.1. The van der Waals surface area contributed by atoms with Gasteiger partial charge in [-0.2, -0.15) is 0 Å². The second-order valence-electron chi connectivity index (χ2n) is 3.81. The summed E-state index contributed by atoms with van der Waals surface area (Å²) in [6, 6.07) is 3.55. The van der Waals surface area contributed by atoms with Crippen molar-refractivity contribution in [3.05, 3.63) is 34.1 Å². The highest BCUT2D eigenvalue weighted by atomic mass is 79.9. The third-order valence-corrected chi connectivity index (χ3v) is 3.07. The topological polar surface area (TPSA) is 66.4 Å². The molecule has 0 saturated heterocycles. The van der Waals surface area contributed by atoms with Crippen molar-refractivity contribution in [1.29, 1.82) is 0 Å². The number of benzene rings is 1. The van der Waals surface area contributed by atoms with Crippen LogP contribution in [0.4, 0.5) is 4.39 Å². The van der Waals surface area contributed by atoms with Crippen LogP contribution < -0.4 is 5.32 Å². The number of carboxylic acids is 1.